The van der Waals surface area contributed by atoms with Crippen LogP contribution >= 0.6 is 11.3 Å². The van der Waals surface area contributed by atoms with Gasteiger partial charge in [0.15, 0.2) is 0 Å². The lowest BCUT2D eigenvalue weighted by molar-refractivity contribution is 0.103. The molecule has 23 heavy (non-hydrogen) atoms. The number of carbonyl (C=O) groups is 1. The molecule has 0 bridgehead atoms. The number of carbonyl (C=O) groups excluding carboxylic acids is 1. The number of nitrogens with one attached hydrogen (secondary N) is 1. The fourth-order valence-corrected chi connectivity index (χ4v) is 3.96. The molecule has 1 aromatic heterocycles. The fourth-order valence-electron chi connectivity index (χ4n) is 2.84. The van der Waals surface area contributed by atoms with Gasteiger partial charge in [0, 0.05) is 15.8 Å². The SMILES string of the molecule is CCc1cccc(C)c1NC(=O)c1sc2cccc(F)c2c1C. The molecule has 3 aromatic rings. The summed E-state index contributed by atoms with van der Waals surface area (Å²) in [5.41, 5.74) is 3.69. The average molecular weight is 327 g/mol. The van der Waals surface area contributed by atoms with Gasteiger partial charge in [-0.05, 0) is 49.1 Å². The molecule has 1 heterocycles. The van der Waals surface area contributed by atoms with Gasteiger partial charge in [-0.15, -0.1) is 11.3 Å². The molecule has 0 radical (unpaired) electrons. The van der Waals surface area contributed by atoms with Crippen LogP contribution in [-0.2, 0) is 6.42 Å². The van der Waals surface area contributed by atoms with Gasteiger partial charge in [-0.25, -0.2) is 4.39 Å². The van der Waals surface area contributed by atoms with Crippen LogP contribution in [0.15, 0.2) is 36.4 Å². The zero-order valence-corrected chi connectivity index (χ0v) is 14.2. The molecule has 0 saturated carbocycles. The molecule has 0 atom stereocenters. The van der Waals surface area contributed by atoms with E-state index < -0.39 is 0 Å². The van der Waals surface area contributed by atoms with Gasteiger partial charge in [0.1, 0.15) is 5.82 Å². The third-order valence-corrected chi connectivity index (χ3v) is 5.34. The number of halogens is 1. The second-order valence-electron chi connectivity index (χ2n) is 5.59. The Kier molecular flexibility index (Phi) is 4.18. The Labute approximate surface area is 139 Å². The highest BCUT2D eigenvalue weighted by molar-refractivity contribution is 7.21. The number of aryl methyl sites for hydroxylation is 3. The molecule has 0 saturated heterocycles. The molecular weight excluding hydrogens is 309 g/mol. The molecule has 0 aliphatic rings. The minimum absolute atomic E-state index is 0.174. The van der Waals surface area contributed by atoms with Crippen molar-refractivity contribution in [2.45, 2.75) is 27.2 Å². The van der Waals surface area contributed by atoms with Gasteiger partial charge in [-0.1, -0.05) is 31.2 Å². The minimum Gasteiger partial charge on any atom is -0.321 e. The van der Waals surface area contributed by atoms with Gasteiger partial charge in [0.2, 0.25) is 0 Å². The number of anilines is 1. The lowest BCUT2D eigenvalue weighted by Crippen LogP contribution is -2.14. The highest BCUT2D eigenvalue weighted by atomic mass is 32.1. The zero-order valence-electron chi connectivity index (χ0n) is 13.4. The molecule has 0 aliphatic heterocycles. The van der Waals surface area contributed by atoms with E-state index in [0.717, 1.165) is 27.9 Å². The Morgan fingerprint density at radius 2 is 1.91 bits per heavy atom. The summed E-state index contributed by atoms with van der Waals surface area (Å²) in [4.78, 5) is 13.3. The second kappa shape index (κ2) is 6.13. The Bertz CT molecular complexity index is 898. The van der Waals surface area contributed by atoms with Gasteiger partial charge < -0.3 is 5.32 Å². The molecule has 1 N–H and O–H groups in total. The third kappa shape index (κ3) is 2.75. The highest BCUT2D eigenvalue weighted by Crippen LogP contribution is 2.33. The van der Waals surface area contributed by atoms with Gasteiger partial charge in [0.05, 0.1) is 4.88 Å². The Morgan fingerprint density at radius 3 is 2.61 bits per heavy atom. The van der Waals surface area contributed by atoms with E-state index in [9.17, 15) is 9.18 Å². The van der Waals surface area contributed by atoms with Crippen LogP contribution in [0.5, 0.6) is 0 Å². The number of fused-ring (bicyclic) bond motifs is 1. The normalized spacial score (nSPS) is 11.0. The van der Waals surface area contributed by atoms with Crippen LogP contribution in [-0.4, -0.2) is 5.91 Å². The molecule has 0 spiro atoms. The number of thiophene rings is 1. The predicted molar refractivity (Wildman–Crippen MR) is 95.0 cm³/mol. The van der Waals surface area contributed by atoms with E-state index in [1.54, 1.807) is 13.0 Å². The summed E-state index contributed by atoms with van der Waals surface area (Å²) >= 11 is 1.33. The van der Waals surface area contributed by atoms with E-state index in [-0.39, 0.29) is 11.7 Å². The summed E-state index contributed by atoms with van der Waals surface area (Å²) in [5.74, 6) is -0.451. The van der Waals surface area contributed by atoms with E-state index in [2.05, 4.69) is 12.2 Å². The maximum absolute atomic E-state index is 14.0. The number of rotatable bonds is 3. The van der Waals surface area contributed by atoms with Crippen molar-refractivity contribution in [2.75, 3.05) is 5.32 Å². The van der Waals surface area contributed by atoms with Crippen molar-refractivity contribution in [1.29, 1.82) is 0 Å². The number of para-hydroxylation sites is 1. The summed E-state index contributed by atoms with van der Waals surface area (Å²) in [6, 6.07) is 10.9. The summed E-state index contributed by atoms with van der Waals surface area (Å²) in [6.45, 7) is 5.84. The van der Waals surface area contributed by atoms with Gasteiger partial charge in [-0.3, -0.25) is 4.79 Å². The Hall–Kier alpha value is -2.20. The first-order chi connectivity index (χ1) is 11.0. The number of hydrogen-bond acceptors (Lipinski definition) is 2. The van der Waals surface area contributed by atoms with Crippen LogP contribution in [0.3, 0.4) is 0 Å². The predicted octanol–water partition coefficient (Wildman–Crippen LogP) is 5.47. The molecule has 2 aromatic carbocycles. The van der Waals surface area contributed by atoms with Crippen molar-refractivity contribution in [3.8, 4) is 0 Å². The lowest BCUT2D eigenvalue weighted by Gasteiger charge is -2.12. The molecular formula is C19H18FNOS. The van der Waals surface area contributed by atoms with Crippen LogP contribution < -0.4 is 5.32 Å². The minimum atomic E-state index is -0.277. The fraction of sp³-hybridized carbons (Fsp3) is 0.211. The number of amides is 1. The molecule has 4 heteroatoms. The van der Waals surface area contributed by atoms with E-state index >= 15 is 0 Å². The number of hydrogen-bond donors (Lipinski definition) is 1. The third-order valence-electron chi connectivity index (χ3n) is 4.09. The molecule has 0 fully saturated rings. The standard InChI is InChI=1S/C19H18FNOS/c1-4-13-8-5-7-11(2)17(13)21-19(22)18-12(3)16-14(20)9-6-10-15(16)23-18/h5-10H,4H2,1-3H3,(H,21,22). The summed E-state index contributed by atoms with van der Waals surface area (Å²) in [5, 5.41) is 3.56. The summed E-state index contributed by atoms with van der Waals surface area (Å²) in [6.07, 6.45) is 0.845. The topological polar surface area (TPSA) is 29.1 Å². The first kappa shape index (κ1) is 15.7. The van der Waals surface area contributed by atoms with Crippen LogP contribution in [0, 0.1) is 19.7 Å². The van der Waals surface area contributed by atoms with Gasteiger partial charge in [0.25, 0.3) is 5.91 Å². The maximum atomic E-state index is 14.0. The maximum Gasteiger partial charge on any atom is 0.266 e. The van der Waals surface area contributed by atoms with Crippen molar-refractivity contribution in [3.05, 3.63) is 63.8 Å². The summed E-state index contributed by atoms with van der Waals surface area (Å²) < 4.78 is 14.8. The molecule has 3 rings (SSSR count). The highest BCUT2D eigenvalue weighted by Gasteiger charge is 2.19. The quantitative estimate of drug-likeness (QED) is 0.679. The van der Waals surface area contributed by atoms with Crippen molar-refractivity contribution in [3.63, 3.8) is 0 Å². The van der Waals surface area contributed by atoms with Crippen LogP contribution in [0.4, 0.5) is 10.1 Å². The molecule has 1 amide bonds. The molecule has 118 valence electrons. The van der Waals surface area contributed by atoms with Crippen molar-refractivity contribution in [1.82, 2.24) is 0 Å². The molecule has 0 unspecified atom stereocenters. The first-order valence-electron chi connectivity index (χ1n) is 7.60. The van der Waals surface area contributed by atoms with Crippen molar-refractivity contribution < 1.29 is 9.18 Å². The van der Waals surface area contributed by atoms with Crippen LogP contribution in [0.25, 0.3) is 10.1 Å². The van der Waals surface area contributed by atoms with E-state index in [1.807, 2.05) is 31.2 Å². The smallest absolute Gasteiger partial charge is 0.266 e. The Balaban J connectivity index is 2.02. The molecule has 0 aliphatic carbocycles. The first-order valence-corrected chi connectivity index (χ1v) is 8.42. The zero-order chi connectivity index (χ0) is 16.6. The van der Waals surface area contributed by atoms with E-state index in [0.29, 0.717) is 15.8 Å². The van der Waals surface area contributed by atoms with Gasteiger partial charge in [-0.2, -0.15) is 0 Å². The van der Waals surface area contributed by atoms with Crippen molar-refractivity contribution in [2.24, 2.45) is 0 Å². The lowest BCUT2D eigenvalue weighted by atomic mass is 10.1. The monoisotopic (exact) mass is 327 g/mol. The number of benzene rings is 2. The average Bonchev–Trinajstić information content (AvgIpc) is 2.87. The van der Waals surface area contributed by atoms with E-state index in [1.165, 1.54) is 17.4 Å². The van der Waals surface area contributed by atoms with Crippen LogP contribution in [0.2, 0.25) is 0 Å². The second-order valence-corrected chi connectivity index (χ2v) is 6.64. The molecule has 2 nitrogen and oxygen atoms in total. The van der Waals surface area contributed by atoms with Crippen LogP contribution in [0.1, 0.15) is 33.3 Å². The van der Waals surface area contributed by atoms with Crippen molar-refractivity contribution >= 4 is 33.0 Å². The largest absolute Gasteiger partial charge is 0.321 e. The van der Waals surface area contributed by atoms with E-state index in [4.69, 9.17) is 0 Å². The van der Waals surface area contributed by atoms with Gasteiger partial charge >= 0.3 is 0 Å². The Morgan fingerprint density at radius 1 is 1.17 bits per heavy atom. The summed E-state index contributed by atoms with van der Waals surface area (Å²) in [7, 11) is 0.